The summed E-state index contributed by atoms with van der Waals surface area (Å²) in [7, 11) is 0. The summed E-state index contributed by atoms with van der Waals surface area (Å²) in [6.07, 6.45) is 0. The van der Waals surface area contributed by atoms with E-state index in [4.69, 9.17) is 4.98 Å². The van der Waals surface area contributed by atoms with Gasteiger partial charge >= 0.3 is 0 Å². The molecule has 1 fully saturated rings. The van der Waals surface area contributed by atoms with Crippen molar-refractivity contribution in [2.45, 2.75) is 13.8 Å². The molecule has 1 aliphatic heterocycles. The molecule has 0 bridgehead atoms. The molecule has 5 rings (SSSR count). The fourth-order valence-corrected chi connectivity index (χ4v) is 5.06. The topological polar surface area (TPSA) is 53.5 Å². The minimum absolute atomic E-state index is 0.0721. The molecule has 0 N–H and O–H groups in total. The van der Waals surface area contributed by atoms with Crippen molar-refractivity contribution in [3.8, 4) is 0 Å². The Balaban J connectivity index is 1.31. The second-order valence-electron chi connectivity index (χ2n) is 8.07. The lowest BCUT2D eigenvalue weighted by atomic mass is 10.1. The highest BCUT2D eigenvalue weighted by molar-refractivity contribution is 7.20. The standard InChI is InChI=1S/C25H23N3O2S/c1-16-3-4-19-14-20-15-23(31-24(20)26-22(19)13-16)25(30)28-11-9-27(10-12-28)21-7-5-18(6-8-21)17(2)29/h3-8,13-15H,9-12H2,1-2H3. The Morgan fingerprint density at radius 3 is 2.35 bits per heavy atom. The Hall–Kier alpha value is -3.25. The zero-order chi connectivity index (χ0) is 21.5. The number of Topliss-reactive ketones (excluding diaryl/α,β-unsaturated/α-hetero) is 1. The van der Waals surface area contributed by atoms with Crippen molar-refractivity contribution in [1.82, 2.24) is 9.88 Å². The van der Waals surface area contributed by atoms with Crippen LogP contribution >= 0.6 is 11.3 Å². The monoisotopic (exact) mass is 429 g/mol. The molecule has 1 amide bonds. The number of nitrogens with zero attached hydrogens (tertiary/aromatic N) is 3. The molecule has 5 nitrogen and oxygen atoms in total. The van der Waals surface area contributed by atoms with Crippen LogP contribution in [-0.2, 0) is 0 Å². The molecule has 0 spiro atoms. The molecule has 6 heteroatoms. The number of hydrogen-bond acceptors (Lipinski definition) is 5. The van der Waals surface area contributed by atoms with E-state index in [9.17, 15) is 9.59 Å². The quantitative estimate of drug-likeness (QED) is 0.434. The number of piperazine rings is 1. The van der Waals surface area contributed by atoms with Gasteiger partial charge in [0.05, 0.1) is 10.4 Å². The van der Waals surface area contributed by atoms with Crippen molar-refractivity contribution in [3.63, 3.8) is 0 Å². The molecule has 0 unspecified atom stereocenters. The number of aromatic nitrogens is 1. The van der Waals surface area contributed by atoms with Gasteiger partial charge in [-0.15, -0.1) is 11.3 Å². The lowest BCUT2D eigenvalue weighted by molar-refractivity contribution is 0.0751. The van der Waals surface area contributed by atoms with Crippen molar-refractivity contribution in [1.29, 1.82) is 0 Å². The first-order chi connectivity index (χ1) is 15.0. The first-order valence-corrected chi connectivity index (χ1v) is 11.3. The van der Waals surface area contributed by atoms with Gasteiger partial charge in [0, 0.05) is 48.2 Å². The molecule has 2 aromatic carbocycles. The number of rotatable bonds is 3. The third kappa shape index (κ3) is 3.79. The number of carbonyl (C=O) groups excluding carboxylic acids is 2. The molecule has 0 atom stereocenters. The largest absolute Gasteiger partial charge is 0.368 e. The number of ketones is 1. The van der Waals surface area contributed by atoms with Crippen LogP contribution in [0.15, 0.2) is 54.6 Å². The fourth-order valence-electron chi connectivity index (χ4n) is 4.07. The van der Waals surface area contributed by atoms with Gasteiger partial charge in [0.15, 0.2) is 5.78 Å². The summed E-state index contributed by atoms with van der Waals surface area (Å²) in [5, 5.41) is 2.12. The van der Waals surface area contributed by atoms with Crippen molar-refractivity contribution < 1.29 is 9.59 Å². The molecule has 0 aliphatic carbocycles. The molecule has 156 valence electrons. The van der Waals surface area contributed by atoms with Gasteiger partial charge < -0.3 is 9.80 Å². The Labute approximate surface area is 184 Å². The maximum atomic E-state index is 13.1. The number of aryl methyl sites for hydroxylation is 1. The van der Waals surface area contributed by atoms with Crippen LogP contribution in [0.5, 0.6) is 0 Å². The predicted octanol–water partition coefficient (Wildman–Crippen LogP) is 4.92. The highest BCUT2D eigenvalue weighted by atomic mass is 32.1. The maximum Gasteiger partial charge on any atom is 0.264 e. The van der Waals surface area contributed by atoms with Crippen molar-refractivity contribution >= 4 is 49.8 Å². The second-order valence-corrected chi connectivity index (χ2v) is 9.10. The van der Waals surface area contributed by atoms with Gasteiger partial charge in [-0.2, -0.15) is 0 Å². The molecule has 3 heterocycles. The van der Waals surface area contributed by atoms with E-state index in [1.807, 2.05) is 35.2 Å². The van der Waals surface area contributed by atoms with Crippen LogP contribution in [0, 0.1) is 6.92 Å². The number of benzene rings is 2. The van der Waals surface area contributed by atoms with Crippen molar-refractivity contribution in [2.75, 3.05) is 31.1 Å². The van der Waals surface area contributed by atoms with Gasteiger partial charge in [0.2, 0.25) is 0 Å². The minimum Gasteiger partial charge on any atom is -0.368 e. The van der Waals surface area contributed by atoms with E-state index in [-0.39, 0.29) is 11.7 Å². The third-order valence-corrected chi connectivity index (χ3v) is 6.91. The van der Waals surface area contributed by atoms with Crippen LogP contribution in [-0.4, -0.2) is 47.8 Å². The van der Waals surface area contributed by atoms with E-state index < -0.39 is 0 Å². The SMILES string of the molecule is CC(=O)c1ccc(N2CCN(C(=O)c3cc4cc5ccc(C)cc5nc4s3)CC2)cc1. The van der Waals surface area contributed by atoms with Crippen LogP contribution < -0.4 is 4.90 Å². The van der Waals surface area contributed by atoms with Gasteiger partial charge in [-0.1, -0.05) is 12.1 Å². The van der Waals surface area contributed by atoms with Crippen molar-refractivity contribution in [2.24, 2.45) is 0 Å². The van der Waals surface area contributed by atoms with Gasteiger partial charge in [0.25, 0.3) is 5.91 Å². The number of hydrogen-bond donors (Lipinski definition) is 0. The van der Waals surface area contributed by atoms with Gasteiger partial charge in [-0.3, -0.25) is 9.59 Å². The smallest absolute Gasteiger partial charge is 0.264 e. The Morgan fingerprint density at radius 2 is 1.65 bits per heavy atom. The summed E-state index contributed by atoms with van der Waals surface area (Å²) in [6, 6.07) is 18.0. The number of fused-ring (bicyclic) bond motifs is 2. The fraction of sp³-hybridized carbons (Fsp3) is 0.240. The Morgan fingerprint density at radius 1 is 0.903 bits per heavy atom. The number of pyridine rings is 1. The Bertz CT molecular complexity index is 1300. The third-order valence-electron chi connectivity index (χ3n) is 5.88. The van der Waals surface area contributed by atoms with Crippen molar-refractivity contribution in [3.05, 3.63) is 70.6 Å². The molecular formula is C25H23N3O2S. The van der Waals surface area contributed by atoms with Crippen LogP contribution in [0.4, 0.5) is 5.69 Å². The molecular weight excluding hydrogens is 406 g/mol. The summed E-state index contributed by atoms with van der Waals surface area (Å²) < 4.78 is 0. The molecule has 1 aliphatic rings. The average Bonchev–Trinajstić information content (AvgIpc) is 3.20. The summed E-state index contributed by atoms with van der Waals surface area (Å²) in [4.78, 5) is 35.2. The molecule has 2 aromatic heterocycles. The maximum absolute atomic E-state index is 13.1. The van der Waals surface area contributed by atoms with E-state index in [1.165, 1.54) is 16.9 Å². The van der Waals surface area contributed by atoms with Gasteiger partial charge in [-0.05, 0) is 61.9 Å². The number of anilines is 1. The normalized spacial score (nSPS) is 14.4. The van der Waals surface area contributed by atoms with E-state index in [2.05, 4.69) is 36.1 Å². The zero-order valence-corrected chi connectivity index (χ0v) is 18.4. The highest BCUT2D eigenvalue weighted by Crippen LogP contribution is 2.29. The molecule has 0 saturated carbocycles. The minimum atomic E-state index is 0.0721. The molecule has 31 heavy (non-hydrogen) atoms. The van der Waals surface area contributed by atoms with Crippen LogP contribution in [0.2, 0.25) is 0 Å². The summed E-state index contributed by atoms with van der Waals surface area (Å²) >= 11 is 1.47. The predicted molar refractivity (Wildman–Crippen MR) is 126 cm³/mol. The van der Waals surface area contributed by atoms with Gasteiger partial charge in [-0.25, -0.2) is 4.98 Å². The van der Waals surface area contributed by atoms with Crippen LogP contribution in [0.3, 0.4) is 0 Å². The Kier molecular flexibility index (Phi) is 4.94. The van der Waals surface area contributed by atoms with Crippen LogP contribution in [0.1, 0.15) is 32.5 Å². The summed E-state index contributed by atoms with van der Waals surface area (Å²) in [5.41, 5.74) is 3.96. The number of amides is 1. The summed E-state index contributed by atoms with van der Waals surface area (Å²) in [6.45, 7) is 6.54. The number of carbonyl (C=O) groups is 2. The van der Waals surface area contributed by atoms with E-state index >= 15 is 0 Å². The van der Waals surface area contributed by atoms with E-state index in [0.29, 0.717) is 13.1 Å². The lowest BCUT2D eigenvalue weighted by Crippen LogP contribution is -2.48. The van der Waals surface area contributed by atoms with Gasteiger partial charge in [0.1, 0.15) is 4.83 Å². The number of thiophene rings is 1. The zero-order valence-electron chi connectivity index (χ0n) is 17.6. The average molecular weight is 430 g/mol. The lowest BCUT2D eigenvalue weighted by Gasteiger charge is -2.36. The van der Waals surface area contributed by atoms with Crippen LogP contribution in [0.25, 0.3) is 21.1 Å². The first-order valence-electron chi connectivity index (χ1n) is 10.4. The second kappa shape index (κ2) is 7.78. The highest BCUT2D eigenvalue weighted by Gasteiger charge is 2.24. The molecule has 4 aromatic rings. The molecule has 0 radical (unpaired) electrons. The van der Waals surface area contributed by atoms with E-state index in [0.717, 1.165) is 50.3 Å². The first kappa shape index (κ1) is 19.7. The molecule has 1 saturated heterocycles. The van der Waals surface area contributed by atoms with E-state index in [1.54, 1.807) is 6.92 Å². The summed E-state index contributed by atoms with van der Waals surface area (Å²) in [5.74, 6) is 0.151.